The molecule has 1 heterocycles. The Morgan fingerprint density at radius 1 is 1.06 bits per heavy atom. The summed E-state index contributed by atoms with van der Waals surface area (Å²) in [7, 11) is -3.98. The summed E-state index contributed by atoms with van der Waals surface area (Å²) in [5.74, 6) is -0.301. The van der Waals surface area contributed by atoms with Crippen LogP contribution in [0.4, 0.5) is 5.69 Å². The topological polar surface area (TPSA) is 104 Å². The molecular weight excluding hydrogens is 438 g/mol. The average Bonchev–Trinajstić information content (AvgIpc) is 3.11. The van der Waals surface area contributed by atoms with E-state index in [4.69, 9.17) is 22.1 Å². The van der Waals surface area contributed by atoms with E-state index in [1.54, 1.807) is 54.6 Å². The van der Waals surface area contributed by atoms with Gasteiger partial charge in [0.1, 0.15) is 0 Å². The first-order valence-electron chi connectivity index (χ1n) is 9.28. The molecule has 3 aromatic carbocycles. The van der Waals surface area contributed by atoms with E-state index in [1.165, 1.54) is 12.1 Å². The summed E-state index contributed by atoms with van der Waals surface area (Å²) in [6.07, 6.45) is 0. The van der Waals surface area contributed by atoms with E-state index in [9.17, 15) is 13.2 Å². The summed E-state index contributed by atoms with van der Waals surface area (Å²) in [5, 5.41) is 5.06. The summed E-state index contributed by atoms with van der Waals surface area (Å²) >= 11 is 5.85. The zero-order chi connectivity index (χ0) is 22.2. The van der Waals surface area contributed by atoms with Crippen LogP contribution in [0, 0.1) is 6.92 Å². The second-order valence-electron chi connectivity index (χ2n) is 6.96. The molecule has 0 radical (unpaired) electrons. The lowest BCUT2D eigenvalue weighted by Crippen LogP contribution is -2.15. The van der Waals surface area contributed by atoms with Crippen LogP contribution in [0.1, 0.15) is 15.9 Å². The van der Waals surface area contributed by atoms with Gasteiger partial charge in [0.15, 0.2) is 12.4 Å². The van der Waals surface area contributed by atoms with Crippen LogP contribution in [0.5, 0.6) is 5.88 Å². The van der Waals surface area contributed by atoms with E-state index in [0.717, 1.165) is 9.65 Å². The molecule has 31 heavy (non-hydrogen) atoms. The highest BCUT2D eigenvalue weighted by atomic mass is 35.5. The maximum atomic E-state index is 13.2. The predicted octanol–water partition coefficient (Wildman–Crippen LogP) is 4.08. The van der Waals surface area contributed by atoms with Gasteiger partial charge in [-0.25, -0.2) is 0 Å². The highest BCUT2D eigenvalue weighted by Crippen LogP contribution is 2.30. The fourth-order valence-electron chi connectivity index (χ4n) is 3.03. The quantitative estimate of drug-likeness (QED) is 0.347. The van der Waals surface area contributed by atoms with Gasteiger partial charge in [-0.1, -0.05) is 29.3 Å². The SMILES string of the molecule is Cc1ccc(S(=O)(=O)n2nc(OCC(=O)c3ccc(Cl)cc3)c3cc(N)ccc32)cc1. The zero-order valence-electron chi connectivity index (χ0n) is 16.4. The number of ketones is 1. The number of hydrogen-bond donors (Lipinski definition) is 1. The van der Waals surface area contributed by atoms with Crippen LogP contribution in [0.3, 0.4) is 0 Å². The van der Waals surface area contributed by atoms with E-state index in [2.05, 4.69) is 5.10 Å². The van der Waals surface area contributed by atoms with Crippen LogP contribution in [-0.4, -0.2) is 30.0 Å². The minimum atomic E-state index is -3.98. The summed E-state index contributed by atoms with van der Waals surface area (Å²) in [6, 6.07) is 17.5. The third kappa shape index (κ3) is 4.12. The lowest BCUT2D eigenvalue weighted by atomic mass is 10.1. The van der Waals surface area contributed by atoms with Crippen molar-refractivity contribution in [3.63, 3.8) is 0 Å². The first-order valence-corrected chi connectivity index (χ1v) is 11.1. The maximum absolute atomic E-state index is 13.2. The van der Waals surface area contributed by atoms with E-state index < -0.39 is 10.0 Å². The Morgan fingerprint density at radius 2 is 1.74 bits per heavy atom. The number of aryl methyl sites for hydroxylation is 1. The smallest absolute Gasteiger partial charge is 0.283 e. The highest BCUT2D eigenvalue weighted by Gasteiger charge is 2.24. The van der Waals surface area contributed by atoms with Gasteiger partial charge in [0.05, 0.1) is 15.8 Å². The number of benzene rings is 3. The monoisotopic (exact) mass is 455 g/mol. The number of nitrogen functional groups attached to an aromatic ring is 1. The molecule has 4 aromatic rings. The first kappa shape index (κ1) is 20.9. The minimum Gasteiger partial charge on any atom is -0.468 e. The lowest BCUT2D eigenvalue weighted by Gasteiger charge is -2.06. The maximum Gasteiger partial charge on any atom is 0.283 e. The Balaban J connectivity index is 1.71. The Hall–Kier alpha value is -3.36. The van der Waals surface area contributed by atoms with Gasteiger partial charge >= 0.3 is 0 Å². The molecule has 0 saturated heterocycles. The van der Waals surface area contributed by atoms with Gasteiger partial charge in [-0.15, -0.1) is 9.19 Å². The van der Waals surface area contributed by atoms with Crippen LogP contribution < -0.4 is 10.5 Å². The number of aromatic nitrogens is 2. The van der Waals surface area contributed by atoms with Crippen molar-refractivity contribution in [2.24, 2.45) is 0 Å². The molecule has 9 heteroatoms. The standard InChI is InChI=1S/C22H18ClN3O4S/c1-14-2-9-18(10-3-14)31(28,29)26-20-11-8-17(24)12-19(20)22(25-26)30-13-21(27)15-4-6-16(23)7-5-15/h2-12H,13,24H2,1H3. The molecule has 0 spiro atoms. The van der Waals surface area contributed by atoms with Crippen molar-refractivity contribution in [3.8, 4) is 5.88 Å². The molecule has 0 saturated carbocycles. The predicted molar refractivity (Wildman–Crippen MR) is 119 cm³/mol. The van der Waals surface area contributed by atoms with Gasteiger partial charge in [0, 0.05) is 16.3 Å². The first-order chi connectivity index (χ1) is 14.8. The molecule has 0 amide bonds. The van der Waals surface area contributed by atoms with E-state index in [1.807, 2.05) is 6.92 Å². The van der Waals surface area contributed by atoms with Crippen LogP contribution in [-0.2, 0) is 10.0 Å². The molecule has 1 aromatic heterocycles. The number of carbonyl (C=O) groups is 1. The molecule has 158 valence electrons. The number of fused-ring (bicyclic) bond motifs is 1. The number of halogens is 1. The molecule has 0 aliphatic rings. The molecule has 0 unspecified atom stereocenters. The minimum absolute atomic E-state index is 0.000278. The average molecular weight is 456 g/mol. The lowest BCUT2D eigenvalue weighted by molar-refractivity contribution is 0.0919. The Morgan fingerprint density at radius 3 is 2.42 bits per heavy atom. The second kappa shape index (κ2) is 8.05. The van der Waals surface area contributed by atoms with Crippen molar-refractivity contribution in [2.75, 3.05) is 12.3 Å². The van der Waals surface area contributed by atoms with Crippen LogP contribution in [0.25, 0.3) is 10.9 Å². The van der Waals surface area contributed by atoms with Crippen LogP contribution >= 0.6 is 11.6 Å². The largest absolute Gasteiger partial charge is 0.468 e. The van der Waals surface area contributed by atoms with Crippen molar-refractivity contribution < 1.29 is 17.9 Å². The van der Waals surface area contributed by atoms with Crippen molar-refractivity contribution in [2.45, 2.75) is 11.8 Å². The van der Waals surface area contributed by atoms with Gasteiger partial charge < -0.3 is 10.5 Å². The number of carbonyl (C=O) groups excluding carboxylic acids is 1. The fourth-order valence-corrected chi connectivity index (χ4v) is 4.44. The number of anilines is 1. The van der Waals surface area contributed by atoms with E-state index >= 15 is 0 Å². The molecule has 0 atom stereocenters. The number of Topliss-reactive ketones (excluding diaryl/α,β-unsaturated/α-hetero) is 1. The Labute approximate surface area is 184 Å². The van der Waals surface area contributed by atoms with Crippen molar-refractivity contribution >= 4 is 44.0 Å². The van der Waals surface area contributed by atoms with Gasteiger partial charge in [0.25, 0.3) is 10.0 Å². The number of hydrogen-bond acceptors (Lipinski definition) is 6. The number of rotatable bonds is 6. The van der Waals surface area contributed by atoms with E-state index in [-0.39, 0.29) is 23.2 Å². The third-order valence-corrected chi connectivity index (χ3v) is 6.54. The molecule has 7 nitrogen and oxygen atoms in total. The fraction of sp³-hybridized carbons (Fsp3) is 0.0909. The van der Waals surface area contributed by atoms with E-state index in [0.29, 0.717) is 27.2 Å². The Bertz CT molecular complexity index is 1380. The summed E-state index contributed by atoms with van der Waals surface area (Å²) in [4.78, 5) is 12.5. The van der Waals surface area contributed by atoms with Crippen molar-refractivity contribution in [1.29, 1.82) is 0 Å². The van der Waals surface area contributed by atoms with Gasteiger partial charge in [0.2, 0.25) is 5.88 Å². The second-order valence-corrected chi connectivity index (χ2v) is 9.17. The van der Waals surface area contributed by atoms with Crippen LogP contribution in [0.15, 0.2) is 71.6 Å². The summed E-state index contributed by atoms with van der Waals surface area (Å²) in [6.45, 7) is 1.54. The Kier molecular flexibility index (Phi) is 5.43. The third-order valence-electron chi connectivity index (χ3n) is 4.69. The van der Waals surface area contributed by atoms with Gasteiger partial charge in [-0.2, -0.15) is 8.42 Å². The molecule has 0 aliphatic heterocycles. The molecule has 0 aliphatic carbocycles. The number of ether oxygens (including phenoxy) is 1. The molecular formula is C22H18ClN3O4S. The van der Waals surface area contributed by atoms with Gasteiger partial charge in [-0.05, 0) is 61.5 Å². The molecule has 2 N–H and O–H groups in total. The van der Waals surface area contributed by atoms with Crippen LogP contribution in [0.2, 0.25) is 5.02 Å². The van der Waals surface area contributed by atoms with Crippen molar-refractivity contribution in [3.05, 3.63) is 82.9 Å². The molecule has 0 bridgehead atoms. The summed E-state index contributed by atoms with van der Waals surface area (Å²) in [5.41, 5.74) is 7.93. The molecule has 0 fully saturated rings. The zero-order valence-corrected chi connectivity index (χ0v) is 18.0. The number of nitrogens with zero attached hydrogens (tertiary/aromatic N) is 2. The number of nitrogens with two attached hydrogens (primary N) is 1. The summed E-state index contributed by atoms with van der Waals surface area (Å²) < 4.78 is 32.9. The van der Waals surface area contributed by atoms with Crippen molar-refractivity contribution in [1.82, 2.24) is 9.19 Å². The normalized spacial score (nSPS) is 11.5. The highest BCUT2D eigenvalue weighted by molar-refractivity contribution is 7.90. The van der Waals surface area contributed by atoms with Gasteiger partial charge in [-0.3, -0.25) is 4.79 Å². The molecule has 4 rings (SSSR count).